The quantitative estimate of drug-likeness (QED) is 0.698. The van der Waals surface area contributed by atoms with Crippen molar-refractivity contribution in [3.05, 3.63) is 58.6 Å². The number of Topliss-reactive ketones (excluding diaryl/α,β-unsaturated/α-hetero) is 2. The van der Waals surface area contributed by atoms with Crippen LogP contribution >= 0.6 is 11.6 Å². The van der Waals surface area contributed by atoms with Crippen LogP contribution in [-0.2, 0) is 27.2 Å². The van der Waals surface area contributed by atoms with Gasteiger partial charge in [0, 0.05) is 31.5 Å². The van der Waals surface area contributed by atoms with Crippen molar-refractivity contribution in [2.75, 3.05) is 11.4 Å². The second-order valence-corrected chi connectivity index (χ2v) is 7.47. The standard InChI is InChI=1S/C21H20ClFN2O4/c1-13(26)11-15-6-7-16(12-24-15)25-10-9-21(29,20(25)28)18(27)8-5-14-3-2-4-17(23)19(14)22/h2-4,6-7,12,29H,5,8-11H2,1H3/t21-/m0/s1. The maximum Gasteiger partial charge on any atom is 0.266 e. The van der Waals surface area contributed by atoms with Crippen molar-refractivity contribution >= 4 is 34.8 Å². The van der Waals surface area contributed by atoms with Crippen LogP contribution in [0.15, 0.2) is 36.5 Å². The van der Waals surface area contributed by atoms with E-state index in [2.05, 4.69) is 4.98 Å². The second-order valence-electron chi connectivity index (χ2n) is 7.09. The van der Waals surface area contributed by atoms with Gasteiger partial charge in [0.25, 0.3) is 5.91 Å². The predicted octanol–water partition coefficient (Wildman–Crippen LogP) is 2.68. The maximum atomic E-state index is 13.5. The van der Waals surface area contributed by atoms with Crippen molar-refractivity contribution in [1.29, 1.82) is 0 Å². The van der Waals surface area contributed by atoms with Gasteiger partial charge in [-0.25, -0.2) is 4.39 Å². The van der Waals surface area contributed by atoms with Gasteiger partial charge in [0.15, 0.2) is 5.78 Å². The number of aliphatic hydroxyl groups is 1. The second kappa shape index (κ2) is 8.39. The molecule has 2 heterocycles. The largest absolute Gasteiger partial charge is 0.373 e. The molecular weight excluding hydrogens is 399 g/mol. The Morgan fingerprint density at radius 2 is 2.07 bits per heavy atom. The molecule has 0 bridgehead atoms. The van der Waals surface area contributed by atoms with E-state index < -0.39 is 23.1 Å². The number of pyridine rings is 1. The minimum absolute atomic E-state index is 0.0270. The summed E-state index contributed by atoms with van der Waals surface area (Å²) >= 11 is 5.90. The summed E-state index contributed by atoms with van der Waals surface area (Å²) in [6, 6.07) is 7.57. The minimum Gasteiger partial charge on any atom is -0.373 e. The maximum absolute atomic E-state index is 13.5. The fourth-order valence-electron chi connectivity index (χ4n) is 3.34. The van der Waals surface area contributed by atoms with Crippen molar-refractivity contribution in [3.8, 4) is 0 Å². The molecule has 1 aromatic carbocycles. The highest BCUT2D eigenvalue weighted by atomic mass is 35.5. The summed E-state index contributed by atoms with van der Waals surface area (Å²) < 4.78 is 13.5. The van der Waals surface area contributed by atoms with Crippen LogP contribution in [0.2, 0.25) is 5.02 Å². The third kappa shape index (κ3) is 4.36. The smallest absolute Gasteiger partial charge is 0.266 e. The van der Waals surface area contributed by atoms with E-state index in [1.165, 1.54) is 30.2 Å². The first-order chi connectivity index (χ1) is 13.7. The molecular formula is C21H20ClFN2O4. The molecule has 8 heteroatoms. The fourth-order valence-corrected chi connectivity index (χ4v) is 3.56. The lowest BCUT2D eigenvalue weighted by Crippen LogP contribution is -2.47. The molecule has 2 aromatic rings. The first-order valence-electron chi connectivity index (χ1n) is 9.17. The van der Waals surface area contributed by atoms with Gasteiger partial charge in [0.05, 0.1) is 16.9 Å². The number of ketones is 2. The number of anilines is 1. The Morgan fingerprint density at radius 3 is 2.72 bits per heavy atom. The lowest BCUT2D eigenvalue weighted by atomic mass is 9.92. The van der Waals surface area contributed by atoms with E-state index in [1.807, 2.05) is 0 Å². The molecule has 3 rings (SSSR count). The lowest BCUT2D eigenvalue weighted by Gasteiger charge is -2.21. The van der Waals surface area contributed by atoms with Crippen LogP contribution in [0, 0.1) is 5.82 Å². The van der Waals surface area contributed by atoms with E-state index in [-0.39, 0.29) is 43.0 Å². The lowest BCUT2D eigenvalue weighted by molar-refractivity contribution is -0.147. The van der Waals surface area contributed by atoms with Gasteiger partial charge in [-0.3, -0.25) is 19.4 Å². The third-order valence-electron chi connectivity index (χ3n) is 4.96. The van der Waals surface area contributed by atoms with E-state index in [4.69, 9.17) is 11.6 Å². The van der Waals surface area contributed by atoms with Crippen LogP contribution in [-0.4, -0.2) is 39.7 Å². The Bertz CT molecular complexity index is 964. The number of benzene rings is 1. The van der Waals surface area contributed by atoms with Crippen molar-refractivity contribution in [2.24, 2.45) is 0 Å². The zero-order valence-electron chi connectivity index (χ0n) is 15.8. The van der Waals surface area contributed by atoms with Gasteiger partial charge in [0.2, 0.25) is 5.60 Å². The Hall–Kier alpha value is -2.64. The molecule has 1 atom stereocenters. The van der Waals surface area contributed by atoms with Crippen molar-refractivity contribution in [3.63, 3.8) is 0 Å². The first-order valence-corrected chi connectivity index (χ1v) is 9.55. The molecule has 1 aliphatic rings. The van der Waals surface area contributed by atoms with E-state index in [0.717, 1.165) is 0 Å². The Labute approximate surface area is 172 Å². The molecule has 1 amide bonds. The average molecular weight is 419 g/mol. The number of halogens is 2. The molecule has 1 fully saturated rings. The molecule has 1 aromatic heterocycles. The molecule has 1 saturated heterocycles. The number of amides is 1. The molecule has 0 saturated carbocycles. The minimum atomic E-state index is -2.13. The molecule has 0 unspecified atom stereocenters. The topological polar surface area (TPSA) is 87.6 Å². The van der Waals surface area contributed by atoms with Crippen LogP contribution < -0.4 is 4.90 Å². The third-order valence-corrected chi connectivity index (χ3v) is 5.38. The van der Waals surface area contributed by atoms with E-state index in [1.54, 1.807) is 18.2 Å². The molecule has 1 aliphatic heterocycles. The van der Waals surface area contributed by atoms with E-state index in [9.17, 15) is 23.9 Å². The van der Waals surface area contributed by atoms with Crippen molar-refractivity contribution in [2.45, 2.75) is 38.2 Å². The van der Waals surface area contributed by atoms with Crippen LogP contribution in [0.4, 0.5) is 10.1 Å². The molecule has 29 heavy (non-hydrogen) atoms. The average Bonchev–Trinajstić information content (AvgIpc) is 2.99. The summed E-state index contributed by atoms with van der Waals surface area (Å²) in [6.45, 7) is 1.62. The molecule has 0 spiro atoms. The molecule has 1 N–H and O–H groups in total. The van der Waals surface area contributed by atoms with Gasteiger partial charge in [0.1, 0.15) is 11.6 Å². The first kappa shape index (κ1) is 21.1. The highest BCUT2D eigenvalue weighted by Crippen LogP contribution is 2.30. The Balaban J connectivity index is 1.69. The summed E-state index contributed by atoms with van der Waals surface area (Å²) in [7, 11) is 0. The van der Waals surface area contributed by atoms with Crippen LogP contribution in [0.5, 0.6) is 0 Å². The number of carbonyl (C=O) groups excluding carboxylic acids is 3. The number of aromatic nitrogens is 1. The van der Waals surface area contributed by atoms with Crippen LogP contribution in [0.25, 0.3) is 0 Å². The number of aryl methyl sites for hydroxylation is 1. The summed E-state index contributed by atoms with van der Waals surface area (Å²) in [5, 5.41) is 10.7. The number of rotatable bonds is 7. The van der Waals surface area contributed by atoms with Gasteiger partial charge >= 0.3 is 0 Å². The van der Waals surface area contributed by atoms with E-state index in [0.29, 0.717) is 16.9 Å². The van der Waals surface area contributed by atoms with Gasteiger partial charge in [-0.05, 0) is 37.1 Å². The van der Waals surface area contributed by atoms with Gasteiger partial charge < -0.3 is 10.0 Å². The summed E-state index contributed by atoms with van der Waals surface area (Å²) in [5.74, 6) is -1.96. The summed E-state index contributed by atoms with van der Waals surface area (Å²) in [4.78, 5) is 42.0. The summed E-state index contributed by atoms with van der Waals surface area (Å²) in [6.07, 6.45) is 1.57. The Morgan fingerprint density at radius 1 is 1.31 bits per heavy atom. The van der Waals surface area contributed by atoms with Crippen LogP contribution in [0.1, 0.15) is 31.0 Å². The Kier molecular flexibility index (Phi) is 6.10. The van der Waals surface area contributed by atoms with Crippen molar-refractivity contribution < 1.29 is 23.9 Å². The SMILES string of the molecule is CC(=O)Cc1ccc(N2CC[C@](O)(C(=O)CCc3cccc(F)c3Cl)C2=O)cn1. The molecule has 0 aliphatic carbocycles. The molecule has 6 nitrogen and oxygen atoms in total. The molecule has 0 radical (unpaired) electrons. The number of nitrogens with zero attached hydrogens (tertiary/aromatic N) is 2. The zero-order valence-corrected chi connectivity index (χ0v) is 16.6. The highest BCUT2D eigenvalue weighted by molar-refractivity contribution is 6.31. The zero-order chi connectivity index (χ0) is 21.2. The van der Waals surface area contributed by atoms with Gasteiger partial charge in [-0.2, -0.15) is 0 Å². The normalized spacial score (nSPS) is 18.9. The van der Waals surface area contributed by atoms with Crippen molar-refractivity contribution in [1.82, 2.24) is 4.98 Å². The van der Waals surface area contributed by atoms with Crippen LogP contribution in [0.3, 0.4) is 0 Å². The fraction of sp³-hybridized carbons (Fsp3) is 0.333. The number of hydrogen-bond donors (Lipinski definition) is 1. The van der Waals surface area contributed by atoms with E-state index >= 15 is 0 Å². The number of carbonyl (C=O) groups is 3. The monoisotopic (exact) mass is 418 g/mol. The number of hydrogen-bond acceptors (Lipinski definition) is 5. The summed E-state index contributed by atoms with van der Waals surface area (Å²) in [5.41, 5.74) is -0.667. The predicted molar refractivity (Wildman–Crippen MR) is 105 cm³/mol. The van der Waals surface area contributed by atoms with Gasteiger partial charge in [-0.1, -0.05) is 23.7 Å². The highest BCUT2D eigenvalue weighted by Gasteiger charge is 2.50. The van der Waals surface area contributed by atoms with Gasteiger partial charge in [-0.15, -0.1) is 0 Å². The molecule has 152 valence electrons.